The molecule has 0 radical (unpaired) electrons. The van der Waals surface area contributed by atoms with Crippen LogP contribution in [0.25, 0.3) is 11.1 Å². The largest absolute Gasteiger partial charge is 0.466 e. The summed E-state index contributed by atoms with van der Waals surface area (Å²) in [6.07, 6.45) is 1.24. The molecule has 5 nitrogen and oxygen atoms in total. The van der Waals surface area contributed by atoms with Gasteiger partial charge < -0.3 is 4.74 Å². The fourth-order valence-corrected chi connectivity index (χ4v) is 3.50. The molecule has 1 heterocycles. The van der Waals surface area contributed by atoms with Gasteiger partial charge in [0.25, 0.3) is 0 Å². The van der Waals surface area contributed by atoms with E-state index in [1.54, 1.807) is 12.1 Å². The number of rotatable bonds is 5. The molecule has 0 N–H and O–H groups in total. The van der Waals surface area contributed by atoms with Crippen molar-refractivity contribution in [2.75, 3.05) is 19.4 Å². The third-order valence-electron chi connectivity index (χ3n) is 3.97. The smallest absolute Gasteiger partial charge is 0.333 e. The average Bonchev–Trinajstić information content (AvgIpc) is 3.02. The summed E-state index contributed by atoms with van der Waals surface area (Å²) in [5.74, 6) is -0.717. The van der Waals surface area contributed by atoms with Crippen molar-refractivity contribution in [2.45, 2.75) is 0 Å². The minimum Gasteiger partial charge on any atom is -0.466 e. The van der Waals surface area contributed by atoms with Crippen LogP contribution in [0.3, 0.4) is 0 Å². The summed E-state index contributed by atoms with van der Waals surface area (Å²) >= 11 is 1.22. The molecule has 0 atom stereocenters. The summed E-state index contributed by atoms with van der Waals surface area (Å²) in [4.78, 5) is 37.3. The number of ketones is 1. The SMILES string of the molecule is COC(=O)/C=C1\SCC(=O)N1CC(=O)c1ccc(-c2ccccc2)cc1. The van der Waals surface area contributed by atoms with E-state index >= 15 is 0 Å². The highest BCUT2D eigenvalue weighted by Crippen LogP contribution is 2.29. The summed E-state index contributed by atoms with van der Waals surface area (Å²) in [6, 6.07) is 17.1. The highest BCUT2D eigenvalue weighted by molar-refractivity contribution is 8.04. The molecule has 6 heteroatoms. The van der Waals surface area contributed by atoms with Crippen LogP contribution in [-0.2, 0) is 14.3 Å². The molecular weight excluding hydrogens is 350 g/mol. The number of hydrogen-bond acceptors (Lipinski definition) is 5. The third-order valence-corrected chi connectivity index (χ3v) is 4.99. The van der Waals surface area contributed by atoms with E-state index in [2.05, 4.69) is 4.74 Å². The number of nitrogens with zero attached hydrogens (tertiary/aromatic N) is 1. The van der Waals surface area contributed by atoms with Crippen LogP contribution >= 0.6 is 11.8 Å². The molecule has 26 heavy (non-hydrogen) atoms. The molecule has 0 saturated carbocycles. The quantitative estimate of drug-likeness (QED) is 0.462. The zero-order valence-electron chi connectivity index (χ0n) is 14.2. The van der Waals surface area contributed by atoms with E-state index in [1.165, 1.54) is 29.8 Å². The van der Waals surface area contributed by atoms with Crippen molar-refractivity contribution in [1.82, 2.24) is 4.90 Å². The Kier molecular flexibility index (Phi) is 5.53. The highest BCUT2D eigenvalue weighted by atomic mass is 32.2. The number of carbonyl (C=O) groups excluding carboxylic acids is 3. The lowest BCUT2D eigenvalue weighted by molar-refractivity contribution is -0.134. The molecule has 1 fully saturated rings. The van der Waals surface area contributed by atoms with E-state index in [1.807, 2.05) is 42.5 Å². The molecule has 3 rings (SSSR count). The number of benzene rings is 2. The topological polar surface area (TPSA) is 63.7 Å². The number of thioether (sulfide) groups is 1. The molecule has 2 aromatic rings. The molecule has 1 amide bonds. The first-order valence-electron chi connectivity index (χ1n) is 8.00. The fraction of sp³-hybridized carbons (Fsp3) is 0.150. The number of carbonyl (C=O) groups is 3. The molecule has 0 unspecified atom stereocenters. The standard InChI is InChI=1S/C20H17NO4S/c1-25-20(24)11-19-21(18(23)13-26-19)12-17(22)16-9-7-15(8-10-16)14-5-3-2-4-6-14/h2-11H,12-13H2,1H3/b19-11-. The molecule has 132 valence electrons. The Morgan fingerprint density at radius 3 is 2.38 bits per heavy atom. The van der Waals surface area contributed by atoms with E-state index in [0.717, 1.165) is 11.1 Å². The highest BCUT2D eigenvalue weighted by Gasteiger charge is 2.29. The van der Waals surface area contributed by atoms with Crippen LogP contribution in [0.4, 0.5) is 0 Å². The Bertz CT molecular complexity index is 859. The lowest BCUT2D eigenvalue weighted by Gasteiger charge is -2.16. The van der Waals surface area contributed by atoms with Gasteiger partial charge in [-0.1, -0.05) is 66.4 Å². The minimum atomic E-state index is -0.549. The van der Waals surface area contributed by atoms with Gasteiger partial charge in [-0.25, -0.2) is 4.79 Å². The summed E-state index contributed by atoms with van der Waals surface area (Å²) < 4.78 is 4.59. The van der Waals surface area contributed by atoms with Crippen molar-refractivity contribution in [3.05, 3.63) is 71.3 Å². The monoisotopic (exact) mass is 367 g/mol. The molecule has 1 aliphatic heterocycles. The molecule has 2 aromatic carbocycles. The van der Waals surface area contributed by atoms with Gasteiger partial charge in [-0.2, -0.15) is 0 Å². The Morgan fingerprint density at radius 1 is 1.08 bits per heavy atom. The number of methoxy groups -OCH3 is 1. The van der Waals surface area contributed by atoms with Crippen LogP contribution < -0.4 is 0 Å². The normalized spacial score (nSPS) is 15.3. The maximum absolute atomic E-state index is 12.5. The second-order valence-corrected chi connectivity index (χ2v) is 6.64. The van der Waals surface area contributed by atoms with Crippen LogP contribution in [0, 0.1) is 0 Å². The van der Waals surface area contributed by atoms with Gasteiger partial charge in [0.2, 0.25) is 5.91 Å². The molecule has 0 aromatic heterocycles. The molecular formula is C20H17NO4S. The Balaban J connectivity index is 1.74. The van der Waals surface area contributed by atoms with E-state index in [4.69, 9.17) is 0 Å². The van der Waals surface area contributed by atoms with Gasteiger partial charge in [-0.05, 0) is 11.1 Å². The van der Waals surface area contributed by atoms with Gasteiger partial charge in [0.15, 0.2) is 5.78 Å². The summed E-state index contributed by atoms with van der Waals surface area (Å²) in [5, 5.41) is 0.441. The molecule has 0 aliphatic carbocycles. The van der Waals surface area contributed by atoms with Crippen molar-refractivity contribution < 1.29 is 19.1 Å². The third kappa shape index (κ3) is 4.03. The van der Waals surface area contributed by atoms with Crippen molar-refractivity contribution >= 4 is 29.4 Å². The van der Waals surface area contributed by atoms with Crippen LogP contribution in [0.1, 0.15) is 10.4 Å². The lowest BCUT2D eigenvalue weighted by atomic mass is 10.0. The van der Waals surface area contributed by atoms with Gasteiger partial charge in [0, 0.05) is 5.56 Å². The first-order valence-corrected chi connectivity index (χ1v) is 8.98. The van der Waals surface area contributed by atoms with E-state index in [0.29, 0.717) is 10.6 Å². The van der Waals surface area contributed by atoms with Crippen LogP contribution in [0.2, 0.25) is 0 Å². The second-order valence-electron chi connectivity index (χ2n) is 5.64. The Morgan fingerprint density at radius 2 is 1.73 bits per heavy atom. The number of hydrogen-bond donors (Lipinski definition) is 0. The number of esters is 1. The van der Waals surface area contributed by atoms with Crippen molar-refractivity contribution in [3.8, 4) is 11.1 Å². The first kappa shape index (κ1) is 17.9. The minimum absolute atomic E-state index is 0.0979. The van der Waals surface area contributed by atoms with E-state index in [9.17, 15) is 14.4 Å². The zero-order valence-corrected chi connectivity index (χ0v) is 15.0. The van der Waals surface area contributed by atoms with Gasteiger partial charge in [0.1, 0.15) is 0 Å². The zero-order chi connectivity index (χ0) is 18.5. The Labute approximate surface area is 155 Å². The average molecular weight is 367 g/mol. The van der Waals surface area contributed by atoms with Crippen LogP contribution in [-0.4, -0.2) is 42.0 Å². The van der Waals surface area contributed by atoms with Crippen molar-refractivity contribution in [2.24, 2.45) is 0 Å². The number of Topliss-reactive ketones (excluding diaryl/α,β-unsaturated/α-hetero) is 1. The summed E-state index contributed by atoms with van der Waals surface area (Å²) in [5.41, 5.74) is 2.61. The Hall–Kier alpha value is -2.86. The summed E-state index contributed by atoms with van der Waals surface area (Å²) in [7, 11) is 1.27. The lowest BCUT2D eigenvalue weighted by Crippen LogP contribution is -2.31. The van der Waals surface area contributed by atoms with Gasteiger partial charge in [-0.15, -0.1) is 0 Å². The maximum Gasteiger partial charge on any atom is 0.333 e. The van der Waals surface area contributed by atoms with Gasteiger partial charge >= 0.3 is 5.97 Å². The molecule has 0 spiro atoms. The fourth-order valence-electron chi connectivity index (χ4n) is 2.57. The predicted octanol–water partition coefficient (Wildman–Crippen LogP) is 3.13. The summed E-state index contributed by atoms with van der Waals surface area (Å²) in [6.45, 7) is -0.0979. The molecule has 1 aliphatic rings. The molecule has 0 bridgehead atoms. The second kappa shape index (κ2) is 8.01. The van der Waals surface area contributed by atoms with Crippen LogP contribution in [0.5, 0.6) is 0 Å². The van der Waals surface area contributed by atoms with Crippen LogP contribution in [0.15, 0.2) is 65.7 Å². The van der Waals surface area contributed by atoms with Crippen molar-refractivity contribution in [1.29, 1.82) is 0 Å². The predicted molar refractivity (Wildman–Crippen MR) is 100 cm³/mol. The number of ether oxygens (including phenoxy) is 1. The van der Waals surface area contributed by atoms with E-state index in [-0.39, 0.29) is 24.0 Å². The first-order chi connectivity index (χ1) is 12.6. The molecule has 1 saturated heterocycles. The van der Waals surface area contributed by atoms with Gasteiger partial charge in [-0.3, -0.25) is 14.5 Å². The van der Waals surface area contributed by atoms with Gasteiger partial charge in [0.05, 0.1) is 30.5 Å². The maximum atomic E-state index is 12.5. The van der Waals surface area contributed by atoms with E-state index < -0.39 is 5.97 Å². The number of amides is 1. The van der Waals surface area contributed by atoms with Crippen molar-refractivity contribution in [3.63, 3.8) is 0 Å².